The van der Waals surface area contributed by atoms with Crippen molar-refractivity contribution in [1.29, 1.82) is 0 Å². The Morgan fingerprint density at radius 1 is 1.61 bits per heavy atom. The summed E-state index contributed by atoms with van der Waals surface area (Å²) < 4.78 is 0. The van der Waals surface area contributed by atoms with Crippen molar-refractivity contribution >= 4 is 11.7 Å². The summed E-state index contributed by atoms with van der Waals surface area (Å²) in [6.07, 6.45) is 4.60. The minimum absolute atomic E-state index is 0.0305. The summed E-state index contributed by atoms with van der Waals surface area (Å²) in [7, 11) is 0. The van der Waals surface area contributed by atoms with E-state index in [1.165, 1.54) is 6.42 Å². The molecule has 0 bridgehead atoms. The van der Waals surface area contributed by atoms with Crippen LogP contribution in [0.15, 0.2) is 24.5 Å². The topological polar surface area (TPSA) is 45.2 Å². The van der Waals surface area contributed by atoms with Crippen molar-refractivity contribution in [2.24, 2.45) is 11.8 Å². The second-order valence-electron chi connectivity index (χ2n) is 5.39. The van der Waals surface area contributed by atoms with Gasteiger partial charge >= 0.3 is 6.03 Å². The van der Waals surface area contributed by atoms with E-state index in [0.29, 0.717) is 5.92 Å². The van der Waals surface area contributed by atoms with E-state index in [2.05, 4.69) is 31.1 Å². The molecule has 2 atom stereocenters. The zero-order valence-electron chi connectivity index (χ0n) is 11.3. The van der Waals surface area contributed by atoms with Gasteiger partial charge in [-0.2, -0.15) is 0 Å². The van der Waals surface area contributed by atoms with Crippen LogP contribution in [0, 0.1) is 11.8 Å². The van der Waals surface area contributed by atoms with E-state index in [-0.39, 0.29) is 12.1 Å². The van der Waals surface area contributed by atoms with Gasteiger partial charge in [-0.15, -0.1) is 0 Å². The Morgan fingerprint density at radius 2 is 2.33 bits per heavy atom. The number of nitrogens with zero attached hydrogens (tertiary/aromatic N) is 2. The van der Waals surface area contributed by atoms with Crippen LogP contribution < -0.4 is 5.32 Å². The molecule has 1 fully saturated rings. The van der Waals surface area contributed by atoms with Crippen LogP contribution >= 0.6 is 0 Å². The molecule has 0 spiro atoms. The van der Waals surface area contributed by atoms with E-state index in [4.69, 9.17) is 0 Å². The van der Waals surface area contributed by atoms with Gasteiger partial charge in [0.1, 0.15) is 0 Å². The Labute approximate surface area is 108 Å². The van der Waals surface area contributed by atoms with Gasteiger partial charge in [0.2, 0.25) is 0 Å². The van der Waals surface area contributed by atoms with E-state index < -0.39 is 0 Å². The zero-order valence-corrected chi connectivity index (χ0v) is 11.3. The van der Waals surface area contributed by atoms with Crippen LogP contribution in [0.1, 0.15) is 27.2 Å². The van der Waals surface area contributed by atoms with Gasteiger partial charge in [0, 0.05) is 18.8 Å². The molecule has 2 unspecified atom stereocenters. The Bertz CT molecular complexity index is 405. The van der Waals surface area contributed by atoms with Gasteiger partial charge in [-0.1, -0.05) is 6.92 Å². The van der Waals surface area contributed by atoms with E-state index in [1.807, 2.05) is 17.0 Å². The lowest BCUT2D eigenvalue weighted by Gasteiger charge is -2.27. The highest BCUT2D eigenvalue weighted by molar-refractivity contribution is 5.89. The second-order valence-corrected chi connectivity index (χ2v) is 5.39. The minimum atomic E-state index is -0.0305. The summed E-state index contributed by atoms with van der Waals surface area (Å²) in [4.78, 5) is 18.1. The number of carbonyl (C=O) groups is 1. The van der Waals surface area contributed by atoms with Crippen LogP contribution in [0.25, 0.3) is 0 Å². The molecule has 18 heavy (non-hydrogen) atoms. The molecule has 4 nitrogen and oxygen atoms in total. The molecule has 0 aromatic carbocycles. The molecule has 0 radical (unpaired) electrons. The largest absolute Gasteiger partial charge is 0.322 e. The molecule has 2 amide bonds. The fraction of sp³-hybridized carbons (Fsp3) is 0.571. The van der Waals surface area contributed by atoms with Crippen molar-refractivity contribution in [1.82, 2.24) is 9.88 Å². The molecule has 0 aliphatic heterocycles. The molecule has 1 aliphatic carbocycles. The van der Waals surface area contributed by atoms with Crippen molar-refractivity contribution in [3.05, 3.63) is 24.5 Å². The summed E-state index contributed by atoms with van der Waals surface area (Å²) >= 11 is 0. The van der Waals surface area contributed by atoms with Gasteiger partial charge in [0.05, 0.1) is 11.9 Å². The van der Waals surface area contributed by atoms with Crippen molar-refractivity contribution in [3.8, 4) is 0 Å². The number of hydrogen-bond donors (Lipinski definition) is 1. The summed E-state index contributed by atoms with van der Waals surface area (Å²) in [5.41, 5.74) is 0.747. The predicted molar refractivity (Wildman–Crippen MR) is 72.4 cm³/mol. The number of urea groups is 1. The summed E-state index contributed by atoms with van der Waals surface area (Å²) in [5.74, 6) is 1.43. The Balaban J connectivity index is 1.95. The van der Waals surface area contributed by atoms with Crippen LogP contribution in [-0.4, -0.2) is 28.5 Å². The zero-order chi connectivity index (χ0) is 13.1. The SMILES string of the molecule is CC1CC1CN(C(=O)Nc1cccnc1)C(C)C. The average Bonchev–Trinajstić information content (AvgIpc) is 3.03. The van der Waals surface area contributed by atoms with Crippen LogP contribution in [0.3, 0.4) is 0 Å². The summed E-state index contributed by atoms with van der Waals surface area (Å²) in [6, 6.07) is 3.85. The molecule has 1 aromatic rings. The number of nitrogens with one attached hydrogen (secondary N) is 1. The monoisotopic (exact) mass is 247 g/mol. The number of carbonyl (C=O) groups excluding carboxylic acids is 1. The third-order valence-corrected chi connectivity index (χ3v) is 3.50. The van der Waals surface area contributed by atoms with Crippen molar-refractivity contribution < 1.29 is 4.79 Å². The van der Waals surface area contributed by atoms with E-state index >= 15 is 0 Å². The van der Waals surface area contributed by atoms with E-state index in [9.17, 15) is 4.79 Å². The molecule has 98 valence electrons. The Morgan fingerprint density at radius 3 is 2.83 bits per heavy atom. The van der Waals surface area contributed by atoms with Crippen LogP contribution in [0.5, 0.6) is 0 Å². The lowest BCUT2D eigenvalue weighted by atomic mass is 10.2. The number of amides is 2. The van der Waals surface area contributed by atoms with Gasteiger partial charge in [0.25, 0.3) is 0 Å². The van der Waals surface area contributed by atoms with E-state index in [1.54, 1.807) is 12.4 Å². The predicted octanol–water partition coefficient (Wildman–Crippen LogP) is 2.98. The molecular weight excluding hydrogens is 226 g/mol. The molecule has 4 heteroatoms. The molecule has 0 saturated heterocycles. The highest BCUT2D eigenvalue weighted by Crippen LogP contribution is 2.38. The van der Waals surface area contributed by atoms with Crippen LogP contribution in [0.4, 0.5) is 10.5 Å². The minimum Gasteiger partial charge on any atom is -0.322 e. The number of anilines is 1. The fourth-order valence-corrected chi connectivity index (χ4v) is 2.07. The first-order valence-corrected chi connectivity index (χ1v) is 6.55. The standard InChI is InChI=1S/C14H21N3O/c1-10(2)17(9-12-7-11(12)3)14(18)16-13-5-4-6-15-8-13/h4-6,8,10-12H,7,9H2,1-3H3,(H,16,18). The molecule has 1 aromatic heterocycles. The first-order chi connectivity index (χ1) is 8.58. The maximum absolute atomic E-state index is 12.2. The molecular formula is C14H21N3O. The van der Waals surface area contributed by atoms with E-state index in [0.717, 1.165) is 18.2 Å². The molecule has 1 N–H and O–H groups in total. The van der Waals surface area contributed by atoms with Crippen LogP contribution in [-0.2, 0) is 0 Å². The lowest BCUT2D eigenvalue weighted by Crippen LogP contribution is -2.41. The third-order valence-electron chi connectivity index (χ3n) is 3.50. The highest BCUT2D eigenvalue weighted by atomic mass is 16.2. The molecule has 2 rings (SSSR count). The first kappa shape index (κ1) is 12.9. The molecule has 1 aliphatic rings. The van der Waals surface area contributed by atoms with Crippen molar-refractivity contribution in [3.63, 3.8) is 0 Å². The van der Waals surface area contributed by atoms with Gasteiger partial charge in [-0.05, 0) is 44.2 Å². The van der Waals surface area contributed by atoms with Crippen molar-refractivity contribution in [2.45, 2.75) is 33.2 Å². The lowest BCUT2D eigenvalue weighted by molar-refractivity contribution is 0.193. The first-order valence-electron chi connectivity index (χ1n) is 6.55. The maximum atomic E-state index is 12.2. The number of rotatable bonds is 4. The van der Waals surface area contributed by atoms with Crippen molar-refractivity contribution in [2.75, 3.05) is 11.9 Å². The smallest absolute Gasteiger partial charge is 0.322 e. The number of pyridine rings is 1. The fourth-order valence-electron chi connectivity index (χ4n) is 2.07. The third kappa shape index (κ3) is 3.22. The van der Waals surface area contributed by atoms with Gasteiger partial charge < -0.3 is 10.2 Å². The summed E-state index contributed by atoms with van der Waals surface area (Å²) in [5, 5.41) is 2.90. The Hall–Kier alpha value is -1.58. The Kier molecular flexibility index (Phi) is 3.84. The molecule has 1 heterocycles. The quantitative estimate of drug-likeness (QED) is 0.889. The van der Waals surface area contributed by atoms with Gasteiger partial charge in [-0.3, -0.25) is 4.98 Å². The highest BCUT2D eigenvalue weighted by Gasteiger charge is 2.35. The van der Waals surface area contributed by atoms with Gasteiger partial charge in [-0.25, -0.2) is 4.79 Å². The average molecular weight is 247 g/mol. The van der Waals surface area contributed by atoms with Gasteiger partial charge in [0.15, 0.2) is 0 Å². The summed E-state index contributed by atoms with van der Waals surface area (Å²) in [6.45, 7) is 7.19. The number of hydrogen-bond acceptors (Lipinski definition) is 2. The number of aromatic nitrogens is 1. The normalized spacial score (nSPS) is 21.8. The van der Waals surface area contributed by atoms with Crippen LogP contribution in [0.2, 0.25) is 0 Å². The maximum Gasteiger partial charge on any atom is 0.322 e. The molecule has 1 saturated carbocycles. The second kappa shape index (κ2) is 5.38.